The molecule has 0 radical (unpaired) electrons. The number of nitrogens with one attached hydrogen (secondary N) is 1. The van der Waals surface area contributed by atoms with Gasteiger partial charge in [-0.25, -0.2) is 0 Å². The maximum Gasteiger partial charge on any atom is 0.220 e. The topological polar surface area (TPSA) is 49.3 Å². The molecule has 0 aliphatic carbocycles. The molecule has 3 nitrogen and oxygen atoms in total. The highest BCUT2D eigenvalue weighted by atomic mass is 79.9. The molecule has 0 heterocycles. The lowest BCUT2D eigenvalue weighted by Crippen LogP contribution is -2.35. The Kier molecular flexibility index (Phi) is 5.65. The minimum atomic E-state index is -0.181. The first-order chi connectivity index (χ1) is 8.02. The molecule has 1 unspecified atom stereocenters. The maximum absolute atomic E-state index is 11.6. The maximum atomic E-state index is 11.6. The molecule has 1 aromatic rings. The number of hydrogen-bond donors (Lipinski definition) is 2. The van der Waals surface area contributed by atoms with E-state index in [-0.39, 0.29) is 24.5 Å². The largest absolute Gasteiger partial charge is 0.394 e. The number of halogens is 1. The fraction of sp³-hybridized carbons (Fsp3) is 0.462. The van der Waals surface area contributed by atoms with E-state index in [9.17, 15) is 4.79 Å². The van der Waals surface area contributed by atoms with E-state index in [1.807, 2.05) is 31.2 Å². The van der Waals surface area contributed by atoms with Crippen molar-refractivity contribution >= 4 is 21.8 Å². The average molecular weight is 300 g/mol. The van der Waals surface area contributed by atoms with Crippen molar-refractivity contribution in [1.82, 2.24) is 5.32 Å². The highest BCUT2D eigenvalue weighted by Crippen LogP contribution is 2.21. The summed E-state index contributed by atoms with van der Waals surface area (Å²) in [6.07, 6.45) is 0.436. The summed E-state index contributed by atoms with van der Waals surface area (Å²) in [4.78, 5) is 11.6. The molecule has 2 atom stereocenters. The number of carbonyl (C=O) groups excluding carboxylic acids is 1. The molecule has 0 aromatic heterocycles. The van der Waals surface area contributed by atoms with Crippen molar-refractivity contribution in [3.8, 4) is 0 Å². The van der Waals surface area contributed by atoms with Crippen molar-refractivity contribution < 1.29 is 9.90 Å². The average Bonchev–Trinajstić information content (AvgIpc) is 2.29. The fourth-order valence-electron chi connectivity index (χ4n) is 1.57. The van der Waals surface area contributed by atoms with Crippen LogP contribution >= 0.6 is 15.9 Å². The van der Waals surface area contributed by atoms with Gasteiger partial charge in [0.25, 0.3) is 0 Å². The summed E-state index contributed by atoms with van der Waals surface area (Å²) in [5.41, 5.74) is 1.14. The van der Waals surface area contributed by atoms with E-state index in [1.165, 1.54) is 0 Å². The van der Waals surface area contributed by atoms with Gasteiger partial charge >= 0.3 is 0 Å². The molecule has 0 saturated heterocycles. The molecule has 1 aromatic carbocycles. The zero-order chi connectivity index (χ0) is 12.8. The predicted molar refractivity (Wildman–Crippen MR) is 71.9 cm³/mol. The fourth-order valence-corrected chi connectivity index (χ4v) is 1.83. The molecule has 0 saturated carbocycles. The van der Waals surface area contributed by atoms with Crippen LogP contribution in [0.4, 0.5) is 0 Å². The minimum Gasteiger partial charge on any atom is -0.394 e. The van der Waals surface area contributed by atoms with E-state index in [2.05, 4.69) is 21.2 Å². The van der Waals surface area contributed by atoms with Crippen LogP contribution in [0.3, 0.4) is 0 Å². The Labute approximate surface area is 110 Å². The Hall–Kier alpha value is -0.870. The molecule has 94 valence electrons. The van der Waals surface area contributed by atoms with Crippen LogP contribution in [-0.2, 0) is 4.79 Å². The number of aliphatic hydroxyl groups is 1. The lowest BCUT2D eigenvalue weighted by Gasteiger charge is -2.15. The molecule has 4 heteroatoms. The van der Waals surface area contributed by atoms with Gasteiger partial charge in [-0.15, -0.1) is 0 Å². The number of hydrogen-bond acceptors (Lipinski definition) is 2. The summed E-state index contributed by atoms with van der Waals surface area (Å²) in [5, 5.41) is 11.6. The van der Waals surface area contributed by atoms with Crippen LogP contribution < -0.4 is 5.32 Å². The molecule has 2 N–H and O–H groups in total. The van der Waals surface area contributed by atoms with Crippen molar-refractivity contribution in [2.24, 2.45) is 0 Å². The molecular formula is C13H18BrNO2. The van der Waals surface area contributed by atoms with Crippen LogP contribution in [0.25, 0.3) is 0 Å². The van der Waals surface area contributed by atoms with Crippen molar-refractivity contribution in [2.75, 3.05) is 6.61 Å². The second kappa shape index (κ2) is 6.77. The number of benzene rings is 1. The lowest BCUT2D eigenvalue weighted by molar-refractivity contribution is -0.122. The van der Waals surface area contributed by atoms with E-state index in [0.29, 0.717) is 6.42 Å². The molecular weight excluding hydrogens is 282 g/mol. The van der Waals surface area contributed by atoms with Crippen molar-refractivity contribution in [1.29, 1.82) is 0 Å². The second-order valence-electron chi connectivity index (χ2n) is 4.31. The van der Waals surface area contributed by atoms with E-state index in [4.69, 9.17) is 5.11 Å². The molecule has 0 fully saturated rings. The highest BCUT2D eigenvalue weighted by molar-refractivity contribution is 9.10. The quantitative estimate of drug-likeness (QED) is 0.877. The lowest BCUT2D eigenvalue weighted by atomic mass is 9.97. The Balaban J connectivity index is 2.51. The zero-order valence-electron chi connectivity index (χ0n) is 10.1. The van der Waals surface area contributed by atoms with Crippen LogP contribution in [0, 0.1) is 0 Å². The van der Waals surface area contributed by atoms with Gasteiger partial charge in [-0.2, -0.15) is 0 Å². The second-order valence-corrected chi connectivity index (χ2v) is 5.22. The first-order valence-electron chi connectivity index (χ1n) is 5.68. The van der Waals surface area contributed by atoms with E-state index in [1.54, 1.807) is 6.92 Å². The number of aliphatic hydroxyl groups excluding tert-OH is 1. The molecule has 0 aliphatic rings. The Morgan fingerprint density at radius 3 is 2.47 bits per heavy atom. The Morgan fingerprint density at radius 2 is 1.94 bits per heavy atom. The molecule has 1 amide bonds. The third-order valence-corrected chi connectivity index (χ3v) is 3.14. The Morgan fingerprint density at radius 1 is 1.35 bits per heavy atom. The molecule has 17 heavy (non-hydrogen) atoms. The highest BCUT2D eigenvalue weighted by Gasteiger charge is 2.12. The van der Waals surface area contributed by atoms with Crippen LogP contribution in [0.15, 0.2) is 28.7 Å². The van der Waals surface area contributed by atoms with Crippen molar-refractivity contribution in [2.45, 2.75) is 32.2 Å². The SMILES string of the molecule is CC(CC(=O)N[C@H](C)CO)c1ccc(Br)cc1. The summed E-state index contributed by atoms with van der Waals surface area (Å²) >= 11 is 3.38. The van der Waals surface area contributed by atoms with Gasteiger partial charge in [0.1, 0.15) is 0 Å². The van der Waals surface area contributed by atoms with Gasteiger partial charge in [-0.1, -0.05) is 35.0 Å². The number of rotatable bonds is 5. The van der Waals surface area contributed by atoms with Gasteiger partial charge in [-0.05, 0) is 30.5 Å². The molecule has 0 spiro atoms. The van der Waals surface area contributed by atoms with Gasteiger partial charge in [-0.3, -0.25) is 4.79 Å². The number of amides is 1. The van der Waals surface area contributed by atoms with Crippen LogP contribution in [0.5, 0.6) is 0 Å². The molecule has 1 rings (SSSR count). The standard InChI is InChI=1S/C13H18BrNO2/c1-9(7-13(17)15-10(2)8-16)11-3-5-12(14)6-4-11/h3-6,9-10,16H,7-8H2,1-2H3,(H,15,17)/t9?,10-/m1/s1. The summed E-state index contributed by atoms with van der Waals surface area (Å²) in [6, 6.07) is 7.79. The third-order valence-electron chi connectivity index (χ3n) is 2.61. The van der Waals surface area contributed by atoms with E-state index < -0.39 is 0 Å². The van der Waals surface area contributed by atoms with Crippen molar-refractivity contribution in [3.05, 3.63) is 34.3 Å². The van der Waals surface area contributed by atoms with Gasteiger partial charge < -0.3 is 10.4 Å². The number of carbonyl (C=O) groups is 1. The van der Waals surface area contributed by atoms with E-state index in [0.717, 1.165) is 10.0 Å². The summed E-state index contributed by atoms with van der Waals surface area (Å²) in [5.74, 6) is 0.149. The minimum absolute atomic E-state index is 0.0260. The van der Waals surface area contributed by atoms with Crippen LogP contribution in [0.1, 0.15) is 31.7 Å². The third kappa shape index (κ3) is 4.88. The normalized spacial score (nSPS) is 14.1. The summed E-state index contributed by atoms with van der Waals surface area (Å²) in [7, 11) is 0. The first kappa shape index (κ1) is 14.2. The summed E-state index contributed by atoms with van der Waals surface area (Å²) in [6.45, 7) is 3.77. The van der Waals surface area contributed by atoms with Crippen LogP contribution in [0.2, 0.25) is 0 Å². The van der Waals surface area contributed by atoms with Crippen LogP contribution in [-0.4, -0.2) is 23.7 Å². The van der Waals surface area contributed by atoms with Crippen molar-refractivity contribution in [3.63, 3.8) is 0 Å². The Bertz CT molecular complexity index is 364. The first-order valence-corrected chi connectivity index (χ1v) is 6.48. The smallest absolute Gasteiger partial charge is 0.220 e. The molecule has 0 bridgehead atoms. The monoisotopic (exact) mass is 299 g/mol. The van der Waals surface area contributed by atoms with Gasteiger partial charge in [0.05, 0.1) is 6.61 Å². The predicted octanol–water partition coefficient (Wildman–Crippen LogP) is 2.44. The van der Waals surface area contributed by atoms with Gasteiger partial charge in [0, 0.05) is 16.9 Å². The zero-order valence-corrected chi connectivity index (χ0v) is 11.7. The molecule has 0 aliphatic heterocycles. The van der Waals surface area contributed by atoms with E-state index >= 15 is 0 Å². The van der Waals surface area contributed by atoms with Gasteiger partial charge in [0.2, 0.25) is 5.91 Å². The van der Waals surface area contributed by atoms with Gasteiger partial charge in [0.15, 0.2) is 0 Å². The summed E-state index contributed by atoms with van der Waals surface area (Å²) < 4.78 is 1.03.